The van der Waals surface area contributed by atoms with Crippen LogP contribution in [0.3, 0.4) is 0 Å². The maximum absolute atomic E-state index is 9.47. The van der Waals surface area contributed by atoms with Gasteiger partial charge in [0.05, 0.1) is 11.1 Å². The van der Waals surface area contributed by atoms with Gasteiger partial charge in [-0.2, -0.15) is 0 Å². The van der Waals surface area contributed by atoms with E-state index in [2.05, 4.69) is 31.1 Å². The fourth-order valence-electron chi connectivity index (χ4n) is 2.26. The highest BCUT2D eigenvalue weighted by Crippen LogP contribution is 2.27. The predicted molar refractivity (Wildman–Crippen MR) is 75.9 cm³/mol. The fourth-order valence-corrected chi connectivity index (χ4v) is 3.18. The number of hydrogen-bond donors (Lipinski definition) is 2. The molecule has 1 aliphatic carbocycles. The standard InChI is InChI=1S/C14H24N2OS/c1-14(2,3)13-16-9-12(18-13)8-15-10-4-6-11(17)7-5-10/h9-11,15,17H,4-8H2,1-3H3. The third kappa shape index (κ3) is 3.77. The quantitative estimate of drug-likeness (QED) is 0.886. The average Bonchev–Trinajstić information content (AvgIpc) is 2.77. The number of aliphatic hydroxyl groups excluding tert-OH is 1. The maximum atomic E-state index is 9.47. The van der Waals surface area contributed by atoms with E-state index in [-0.39, 0.29) is 11.5 Å². The summed E-state index contributed by atoms with van der Waals surface area (Å²) in [6.07, 6.45) is 5.98. The van der Waals surface area contributed by atoms with Gasteiger partial charge in [-0.3, -0.25) is 0 Å². The summed E-state index contributed by atoms with van der Waals surface area (Å²) in [7, 11) is 0. The van der Waals surface area contributed by atoms with E-state index >= 15 is 0 Å². The van der Waals surface area contributed by atoms with Crippen LogP contribution in [0.1, 0.15) is 56.3 Å². The zero-order valence-electron chi connectivity index (χ0n) is 11.6. The second-order valence-electron chi connectivity index (χ2n) is 6.27. The van der Waals surface area contributed by atoms with E-state index in [9.17, 15) is 5.11 Å². The minimum atomic E-state index is -0.0704. The molecule has 0 atom stereocenters. The van der Waals surface area contributed by atoms with Gasteiger partial charge in [0.2, 0.25) is 0 Å². The van der Waals surface area contributed by atoms with Crippen molar-refractivity contribution < 1.29 is 5.11 Å². The highest BCUT2D eigenvalue weighted by molar-refractivity contribution is 7.11. The van der Waals surface area contributed by atoms with Gasteiger partial charge in [-0.1, -0.05) is 20.8 Å². The van der Waals surface area contributed by atoms with Gasteiger partial charge < -0.3 is 10.4 Å². The van der Waals surface area contributed by atoms with E-state index in [4.69, 9.17) is 0 Å². The molecule has 0 amide bonds. The van der Waals surface area contributed by atoms with E-state index < -0.39 is 0 Å². The Morgan fingerprint density at radius 3 is 2.56 bits per heavy atom. The molecule has 1 aliphatic rings. The molecule has 0 saturated heterocycles. The predicted octanol–water partition coefficient (Wildman–Crippen LogP) is 2.83. The molecule has 1 aromatic heterocycles. The molecule has 2 rings (SSSR count). The number of rotatable bonds is 3. The number of aromatic nitrogens is 1. The second kappa shape index (κ2) is 5.68. The SMILES string of the molecule is CC(C)(C)c1ncc(CNC2CCC(O)CC2)s1. The van der Waals surface area contributed by atoms with E-state index in [0.29, 0.717) is 6.04 Å². The van der Waals surface area contributed by atoms with Crippen LogP contribution in [0, 0.1) is 0 Å². The molecule has 4 heteroatoms. The summed E-state index contributed by atoms with van der Waals surface area (Å²) in [5, 5.41) is 14.3. The van der Waals surface area contributed by atoms with Gasteiger partial charge in [0.25, 0.3) is 0 Å². The van der Waals surface area contributed by atoms with E-state index in [1.54, 1.807) is 11.3 Å². The molecule has 1 heterocycles. The van der Waals surface area contributed by atoms with Gasteiger partial charge in [-0.25, -0.2) is 4.98 Å². The monoisotopic (exact) mass is 268 g/mol. The zero-order chi connectivity index (χ0) is 13.2. The Labute approximate surface area is 114 Å². The third-order valence-electron chi connectivity index (χ3n) is 3.46. The van der Waals surface area contributed by atoms with E-state index in [1.807, 2.05) is 6.20 Å². The Balaban J connectivity index is 1.82. The highest BCUT2D eigenvalue weighted by atomic mass is 32.1. The number of nitrogens with zero attached hydrogens (tertiary/aromatic N) is 1. The topological polar surface area (TPSA) is 45.2 Å². The molecule has 0 aromatic carbocycles. The Kier molecular flexibility index (Phi) is 4.41. The summed E-state index contributed by atoms with van der Waals surface area (Å²) < 4.78 is 0. The Morgan fingerprint density at radius 2 is 2.00 bits per heavy atom. The van der Waals surface area contributed by atoms with E-state index in [1.165, 1.54) is 9.88 Å². The molecule has 3 nitrogen and oxygen atoms in total. The largest absolute Gasteiger partial charge is 0.393 e. The molecular formula is C14H24N2OS. The van der Waals surface area contributed by atoms with Gasteiger partial charge >= 0.3 is 0 Å². The van der Waals surface area contributed by atoms with Crippen molar-refractivity contribution in [2.75, 3.05) is 0 Å². The first-order chi connectivity index (χ1) is 8.45. The van der Waals surface area contributed by atoms with Crippen LogP contribution >= 0.6 is 11.3 Å². The van der Waals surface area contributed by atoms with Crippen molar-refractivity contribution in [3.8, 4) is 0 Å². The summed E-state index contributed by atoms with van der Waals surface area (Å²) in [5.74, 6) is 0. The lowest BCUT2D eigenvalue weighted by molar-refractivity contribution is 0.116. The van der Waals surface area contributed by atoms with Crippen LogP contribution in [0.25, 0.3) is 0 Å². The molecule has 2 N–H and O–H groups in total. The number of hydrogen-bond acceptors (Lipinski definition) is 4. The fraction of sp³-hybridized carbons (Fsp3) is 0.786. The lowest BCUT2D eigenvalue weighted by Gasteiger charge is -2.26. The minimum Gasteiger partial charge on any atom is -0.393 e. The summed E-state index contributed by atoms with van der Waals surface area (Å²) in [4.78, 5) is 5.81. The molecule has 0 unspecified atom stereocenters. The van der Waals surface area contributed by atoms with Crippen molar-refractivity contribution in [2.45, 2.75) is 70.6 Å². The lowest BCUT2D eigenvalue weighted by atomic mass is 9.93. The van der Waals surface area contributed by atoms with Crippen molar-refractivity contribution in [3.05, 3.63) is 16.1 Å². The van der Waals surface area contributed by atoms with Crippen molar-refractivity contribution in [2.24, 2.45) is 0 Å². The van der Waals surface area contributed by atoms with Gasteiger partial charge in [0, 0.05) is 29.1 Å². The summed E-state index contributed by atoms with van der Waals surface area (Å²) in [6, 6.07) is 0.564. The molecular weight excluding hydrogens is 244 g/mol. The smallest absolute Gasteiger partial charge is 0.0981 e. The van der Waals surface area contributed by atoms with Crippen LogP contribution in [-0.2, 0) is 12.0 Å². The second-order valence-corrected chi connectivity index (χ2v) is 7.38. The molecule has 1 saturated carbocycles. The van der Waals surface area contributed by atoms with Gasteiger partial charge in [-0.05, 0) is 25.7 Å². The normalized spacial score (nSPS) is 25.3. The van der Waals surface area contributed by atoms with E-state index in [0.717, 1.165) is 32.2 Å². The first-order valence-electron chi connectivity index (χ1n) is 6.82. The van der Waals surface area contributed by atoms with Crippen molar-refractivity contribution in [1.29, 1.82) is 0 Å². The van der Waals surface area contributed by atoms with Crippen molar-refractivity contribution >= 4 is 11.3 Å². The summed E-state index contributed by atoms with van der Waals surface area (Å²) in [5.41, 5.74) is 0.151. The van der Waals surface area contributed by atoms with Crippen LogP contribution in [0.5, 0.6) is 0 Å². The van der Waals surface area contributed by atoms with Crippen LogP contribution in [0.4, 0.5) is 0 Å². The molecule has 1 aromatic rings. The van der Waals surface area contributed by atoms with Crippen molar-refractivity contribution in [1.82, 2.24) is 10.3 Å². The molecule has 18 heavy (non-hydrogen) atoms. The van der Waals surface area contributed by atoms with Gasteiger partial charge in [-0.15, -0.1) is 11.3 Å². The molecule has 1 fully saturated rings. The van der Waals surface area contributed by atoms with Crippen LogP contribution in [-0.4, -0.2) is 22.2 Å². The molecule has 0 radical (unpaired) electrons. The Hall–Kier alpha value is -0.450. The first-order valence-corrected chi connectivity index (χ1v) is 7.63. The maximum Gasteiger partial charge on any atom is 0.0981 e. The van der Waals surface area contributed by atoms with Crippen LogP contribution in [0.2, 0.25) is 0 Å². The molecule has 0 bridgehead atoms. The lowest BCUT2D eigenvalue weighted by Crippen LogP contribution is -2.33. The number of thiazole rings is 1. The zero-order valence-corrected chi connectivity index (χ0v) is 12.4. The average molecular weight is 268 g/mol. The summed E-state index contributed by atoms with van der Waals surface area (Å²) in [6.45, 7) is 7.51. The van der Waals surface area contributed by atoms with Gasteiger partial charge in [0.15, 0.2) is 0 Å². The van der Waals surface area contributed by atoms with Crippen molar-refractivity contribution in [3.63, 3.8) is 0 Å². The first kappa shape index (κ1) is 14.0. The van der Waals surface area contributed by atoms with Crippen LogP contribution in [0.15, 0.2) is 6.20 Å². The minimum absolute atomic E-state index is 0.0704. The number of nitrogens with one attached hydrogen (secondary N) is 1. The molecule has 0 spiro atoms. The molecule has 0 aliphatic heterocycles. The Bertz CT molecular complexity index is 375. The third-order valence-corrected chi connectivity index (χ3v) is 4.88. The molecule has 102 valence electrons. The summed E-state index contributed by atoms with van der Waals surface area (Å²) >= 11 is 1.81. The van der Waals surface area contributed by atoms with Crippen LogP contribution < -0.4 is 5.32 Å². The highest BCUT2D eigenvalue weighted by Gasteiger charge is 2.20. The number of aliphatic hydroxyl groups is 1. The van der Waals surface area contributed by atoms with Gasteiger partial charge in [0.1, 0.15) is 0 Å². The Morgan fingerprint density at radius 1 is 1.33 bits per heavy atom.